The van der Waals surface area contributed by atoms with E-state index in [2.05, 4.69) is 34.7 Å². The van der Waals surface area contributed by atoms with Crippen LogP contribution in [0.5, 0.6) is 11.5 Å². The Labute approximate surface area is 154 Å². The van der Waals surface area contributed by atoms with Crippen LogP contribution in [0.3, 0.4) is 0 Å². The van der Waals surface area contributed by atoms with Crippen LogP contribution in [-0.4, -0.2) is 39.5 Å². The number of para-hydroxylation sites is 1. The van der Waals surface area contributed by atoms with E-state index in [-0.39, 0.29) is 0 Å². The lowest BCUT2D eigenvalue weighted by molar-refractivity contribution is 0.395. The van der Waals surface area contributed by atoms with Crippen molar-refractivity contribution >= 4 is 28.7 Å². The molecule has 5 nitrogen and oxygen atoms in total. The van der Waals surface area contributed by atoms with Crippen molar-refractivity contribution in [3.63, 3.8) is 0 Å². The van der Waals surface area contributed by atoms with Crippen LogP contribution >= 0.6 is 12.2 Å². The van der Waals surface area contributed by atoms with Crippen molar-refractivity contribution in [2.75, 3.05) is 44.6 Å². The summed E-state index contributed by atoms with van der Waals surface area (Å²) in [5.74, 6) is 1.43. The minimum Gasteiger partial charge on any atom is -0.497 e. The number of thiocarbonyl (C=S) groups is 1. The molecule has 25 heavy (non-hydrogen) atoms. The molecule has 0 aliphatic heterocycles. The van der Waals surface area contributed by atoms with Crippen molar-refractivity contribution in [3.05, 3.63) is 48.5 Å². The molecular formula is C19H25N3O2S. The lowest BCUT2D eigenvalue weighted by Crippen LogP contribution is -2.31. The van der Waals surface area contributed by atoms with Gasteiger partial charge in [0.15, 0.2) is 5.11 Å². The predicted octanol–water partition coefficient (Wildman–Crippen LogP) is 3.52. The second-order valence-corrected chi connectivity index (χ2v) is 5.97. The van der Waals surface area contributed by atoms with Crippen molar-refractivity contribution in [2.24, 2.45) is 0 Å². The van der Waals surface area contributed by atoms with E-state index < -0.39 is 0 Å². The first kappa shape index (κ1) is 18.9. The maximum atomic E-state index is 5.36. The SMILES string of the molecule is COc1ccc(NC(=S)NCCCN(C)c2ccccc2)c(OC)c1. The summed E-state index contributed by atoms with van der Waals surface area (Å²) in [5.41, 5.74) is 2.02. The third kappa shape index (κ3) is 5.83. The van der Waals surface area contributed by atoms with Gasteiger partial charge in [0, 0.05) is 31.9 Å². The normalized spacial score (nSPS) is 10.0. The van der Waals surface area contributed by atoms with E-state index in [1.807, 2.05) is 36.4 Å². The van der Waals surface area contributed by atoms with Crippen molar-refractivity contribution in [2.45, 2.75) is 6.42 Å². The minimum absolute atomic E-state index is 0.575. The number of methoxy groups -OCH3 is 2. The highest BCUT2D eigenvalue weighted by atomic mass is 32.1. The zero-order valence-corrected chi connectivity index (χ0v) is 15.7. The average molecular weight is 359 g/mol. The first-order chi connectivity index (χ1) is 12.1. The number of hydrogen-bond donors (Lipinski definition) is 2. The summed E-state index contributed by atoms with van der Waals surface area (Å²) in [4.78, 5) is 2.23. The van der Waals surface area contributed by atoms with Gasteiger partial charge in [0.05, 0.1) is 19.9 Å². The van der Waals surface area contributed by atoms with Gasteiger partial charge in [0.2, 0.25) is 0 Å². The lowest BCUT2D eigenvalue weighted by atomic mass is 10.2. The Bertz CT molecular complexity index is 680. The second kappa shape index (κ2) is 9.74. The summed E-state index contributed by atoms with van der Waals surface area (Å²) in [7, 11) is 5.34. The lowest BCUT2D eigenvalue weighted by Gasteiger charge is -2.19. The Morgan fingerprint density at radius 1 is 1.08 bits per heavy atom. The van der Waals surface area contributed by atoms with E-state index in [0.29, 0.717) is 10.9 Å². The Morgan fingerprint density at radius 2 is 1.84 bits per heavy atom. The number of nitrogens with zero attached hydrogens (tertiary/aromatic N) is 1. The van der Waals surface area contributed by atoms with Gasteiger partial charge in [-0.3, -0.25) is 0 Å². The molecule has 0 heterocycles. The van der Waals surface area contributed by atoms with E-state index >= 15 is 0 Å². The number of nitrogens with one attached hydrogen (secondary N) is 2. The number of hydrogen-bond acceptors (Lipinski definition) is 4. The molecular weight excluding hydrogens is 334 g/mol. The largest absolute Gasteiger partial charge is 0.497 e. The maximum Gasteiger partial charge on any atom is 0.170 e. The fourth-order valence-corrected chi connectivity index (χ4v) is 2.61. The van der Waals surface area contributed by atoms with E-state index in [4.69, 9.17) is 21.7 Å². The second-order valence-electron chi connectivity index (χ2n) is 5.56. The highest BCUT2D eigenvalue weighted by Gasteiger charge is 2.06. The monoisotopic (exact) mass is 359 g/mol. The molecule has 0 spiro atoms. The predicted molar refractivity (Wildman–Crippen MR) is 108 cm³/mol. The van der Waals surface area contributed by atoms with Crippen molar-refractivity contribution in [1.82, 2.24) is 5.32 Å². The molecule has 0 aliphatic rings. The van der Waals surface area contributed by atoms with Crippen LogP contribution in [-0.2, 0) is 0 Å². The Morgan fingerprint density at radius 3 is 2.52 bits per heavy atom. The van der Waals surface area contributed by atoms with Gasteiger partial charge in [0.1, 0.15) is 11.5 Å². The quantitative estimate of drug-likeness (QED) is 0.555. The number of anilines is 2. The van der Waals surface area contributed by atoms with E-state index in [1.54, 1.807) is 14.2 Å². The molecule has 2 aromatic carbocycles. The third-order valence-corrected chi connectivity index (χ3v) is 4.06. The van der Waals surface area contributed by atoms with Crippen LogP contribution in [0.1, 0.15) is 6.42 Å². The molecule has 2 aromatic rings. The van der Waals surface area contributed by atoms with Crippen LogP contribution in [0, 0.1) is 0 Å². The zero-order valence-electron chi connectivity index (χ0n) is 14.9. The van der Waals surface area contributed by atoms with Gasteiger partial charge in [-0.25, -0.2) is 0 Å². The van der Waals surface area contributed by atoms with Crippen LogP contribution in [0.2, 0.25) is 0 Å². The van der Waals surface area contributed by atoms with Crippen LogP contribution in [0.4, 0.5) is 11.4 Å². The molecule has 2 N–H and O–H groups in total. The summed E-state index contributed by atoms with van der Waals surface area (Å²) in [5, 5.41) is 6.96. The summed E-state index contributed by atoms with van der Waals surface area (Å²) in [6.45, 7) is 1.74. The topological polar surface area (TPSA) is 45.8 Å². The highest BCUT2D eigenvalue weighted by molar-refractivity contribution is 7.80. The number of benzene rings is 2. The molecule has 0 unspecified atom stereocenters. The number of rotatable bonds is 8. The van der Waals surface area contributed by atoms with Crippen molar-refractivity contribution in [3.8, 4) is 11.5 Å². The molecule has 0 fully saturated rings. The van der Waals surface area contributed by atoms with Gasteiger partial charge in [-0.15, -0.1) is 0 Å². The minimum atomic E-state index is 0.575. The summed E-state index contributed by atoms with van der Waals surface area (Å²) in [6.07, 6.45) is 0.979. The molecule has 134 valence electrons. The van der Waals surface area contributed by atoms with E-state index in [0.717, 1.165) is 30.9 Å². The summed E-state index contributed by atoms with van der Waals surface area (Å²) < 4.78 is 10.6. The maximum absolute atomic E-state index is 5.36. The van der Waals surface area contributed by atoms with Gasteiger partial charge in [-0.1, -0.05) is 18.2 Å². The molecule has 0 atom stereocenters. The van der Waals surface area contributed by atoms with Crippen molar-refractivity contribution < 1.29 is 9.47 Å². The molecule has 2 rings (SSSR count). The van der Waals surface area contributed by atoms with E-state index in [1.165, 1.54) is 5.69 Å². The first-order valence-electron chi connectivity index (χ1n) is 8.17. The third-order valence-electron chi connectivity index (χ3n) is 3.81. The van der Waals surface area contributed by atoms with E-state index in [9.17, 15) is 0 Å². The van der Waals surface area contributed by atoms with Gasteiger partial charge < -0.3 is 25.0 Å². The average Bonchev–Trinajstić information content (AvgIpc) is 2.66. The standard InChI is InChI=1S/C19H25N3O2S/c1-22(15-8-5-4-6-9-15)13-7-12-20-19(25)21-17-11-10-16(23-2)14-18(17)24-3/h4-6,8-11,14H,7,12-13H2,1-3H3,(H2,20,21,25). The van der Waals surface area contributed by atoms with Gasteiger partial charge in [-0.05, 0) is 42.9 Å². The molecule has 0 saturated carbocycles. The molecule has 0 amide bonds. The Balaban J connectivity index is 1.76. The molecule has 6 heteroatoms. The molecule has 0 bridgehead atoms. The fraction of sp³-hybridized carbons (Fsp3) is 0.316. The van der Waals surface area contributed by atoms with Gasteiger partial charge >= 0.3 is 0 Å². The van der Waals surface area contributed by atoms with Crippen LogP contribution in [0.15, 0.2) is 48.5 Å². The van der Waals surface area contributed by atoms with Gasteiger partial charge in [0.25, 0.3) is 0 Å². The molecule has 0 aliphatic carbocycles. The van der Waals surface area contributed by atoms with Crippen LogP contribution < -0.4 is 25.0 Å². The molecule has 0 radical (unpaired) electrons. The Kier molecular flexibility index (Phi) is 7.35. The molecule has 0 aromatic heterocycles. The highest BCUT2D eigenvalue weighted by Crippen LogP contribution is 2.28. The Hall–Kier alpha value is -2.47. The zero-order chi connectivity index (χ0) is 18.1. The smallest absolute Gasteiger partial charge is 0.170 e. The summed E-state index contributed by atoms with van der Waals surface area (Å²) >= 11 is 5.35. The fourth-order valence-electron chi connectivity index (χ4n) is 2.40. The molecule has 0 saturated heterocycles. The summed E-state index contributed by atoms with van der Waals surface area (Å²) in [6, 6.07) is 15.9. The van der Waals surface area contributed by atoms with Gasteiger partial charge in [-0.2, -0.15) is 0 Å². The van der Waals surface area contributed by atoms with Crippen molar-refractivity contribution in [1.29, 1.82) is 0 Å². The van der Waals surface area contributed by atoms with Crippen LogP contribution in [0.25, 0.3) is 0 Å². The first-order valence-corrected chi connectivity index (χ1v) is 8.58. The number of ether oxygens (including phenoxy) is 2.